The van der Waals surface area contributed by atoms with Crippen molar-refractivity contribution in [1.82, 2.24) is 21.3 Å². The van der Waals surface area contributed by atoms with Gasteiger partial charge in [-0.3, -0.25) is 14.4 Å². The lowest BCUT2D eigenvalue weighted by molar-refractivity contribution is -0.148. The minimum atomic E-state index is -2.48. The van der Waals surface area contributed by atoms with Crippen LogP contribution in [-0.4, -0.2) is 89.9 Å². The predicted octanol–water partition coefficient (Wildman–Crippen LogP) is 6.04. The number of methoxy groups -OCH3 is 1. The van der Waals surface area contributed by atoms with Gasteiger partial charge < -0.3 is 39.6 Å². The van der Waals surface area contributed by atoms with E-state index in [0.717, 1.165) is 5.56 Å². The molecule has 0 saturated carbocycles. The first-order chi connectivity index (χ1) is 24.6. The number of rotatable bonds is 18. The standard InChI is InChI=1S/C39H70N4O9Si2/c1-24(2)29(33(44)42-32(36(47)49-13)27(6)52-54(16,17)39(10,11)12)40-35(46)31(26(5)51-53(14,15)38(7,8)9)41-34(45)30(25(3)4)43-37(48)50-23-28-21-19-18-20-22-28/h18-22,24-27,29-32H,23H2,1-17H3,(H,40,46)(H,41,45)(H,42,44)(H,43,48)/t26-,27-,29+,30+,31-,32+/m1/s1. The van der Waals surface area contributed by atoms with Crippen molar-refractivity contribution in [1.29, 1.82) is 0 Å². The van der Waals surface area contributed by atoms with Crippen LogP contribution in [0.15, 0.2) is 30.3 Å². The number of carbonyl (C=O) groups excluding carboxylic acids is 5. The summed E-state index contributed by atoms with van der Waals surface area (Å²) in [6.07, 6.45) is -2.34. The topological polar surface area (TPSA) is 170 Å². The second-order valence-corrected chi connectivity index (χ2v) is 27.3. The first-order valence-electron chi connectivity index (χ1n) is 18.9. The molecule has 0 heterocycles. The molecule has 4 N–H and O–H groups in total. The molecule has 0 radical (unpaired) electrons. The summed E-state index contributed by atoms with van der Waals surface area (Å²) in [6, 6.07) is 4.56. The van der Waals surface area contributed by atoms with E-state index in [9.17, 15) is 24.0 Å². The number of nitrogens with one attached hydrogen (secondary N) is 4. The summed E-state index contributed by atoms with van der Waals surface area (Å²) in [5, 5.41) is 10.7. The summed E-state index contributed by atoms with van der Waals surface area (Å²) >= 11 is 0. The SMILES string of the molecule is COC(=O)[C@@H](NC(=O)[C@@H](NC(=O)[C@H](NC(=O)[C@@H](NC(=O)OCc1ccccc1)C(C)C)[C@@H](C)O[Si](C)(C)C(C)(C)C)C(C)C)[C@@H](C)O[Si](C)(C)C(C)(C)C. The molecule has 0 spiro atoms. The zero-order chi connectivity index (χ0) is 42.0. The van der Waals surface area contributed by atoms with Crippen LogP contribution in [0.2, 0.25) is 36.3 Å². The quantitative estimate of drug-likeness (QED) is 0.102. The number of esters is 1. The highest BCUT2D eigenvalue weighted by molar-refractivity contribution is 6.74. The zero-order valence-electron chi connectivity index (χ0n) is 35.9. The maximum Gasteiger partial charge on any atom is 0.408 e. The maximum atomic E-state index is 14.3. The Bertz CT molecular complexity index is 1410. The second-order valence-electron chi connectivity index (χ2n) is 17.8. The van der Waals surface area contributed by atoms with E-state index in [-0.39, 0.29) is 22.6 Å². The molecule has 308 valence electrons. The zero-order valence-corrected chi connectivity index (χ0v) is 37.9. The maximum absolute atomic E-state index is 14.3. The van der Waals surface area contributed by atoms with Gasteiger partial charge in [0, 0.05) is 0 Å². The number of amides is 4. The minimum absolute atomic E-state index is 0.0121. The van der Waals surface area contributed by atoms with Crippen LogP contribution in [0.3, 0.4) is 0 Å². The van der Waals surface area contributed by atoms with Gasteiger partial charge in [-0.15, -0.1) is 0 Å². The first kappa shape index (κ1) is 48.7. The molecule has 0 fully saturated rings. The summed E-state index contributed by atoms with van der Waals surface area (Å²) in [7, 11) is -3.59. The van der Waals surface area contributed by atoms with Gasteiger partial charge in [0.2, 0.25) is 17.7 Å². The molecule has 0 unspecified atom stereocenters. The lowest BCUT2D eigenvalue weighted by Crippen LogP contribution is -2.63. The summed E-state index contributed by atoms with van der Waals surface area (Å²) in [5.41, 5.74) is 0.783. The molecule has 0 aliphatic rings. The molecule has 1 rings (SSSR count). The van der Waals surface area contributed by atoms with E-state index >= 15 is 0 Å². The number of carbonyl (C=O) groups is 5. The highest BCUT2D eigenvalue weighted by Crippen LogP contribution is 2.38. The normalized spacial score (nSPS) is 16.0. The lowest BCUT2D eigenvalue weighted by Gasteiger charge is -2.41. The largest absolute Gasteiger partial charge is 0.467 e. The van der Waals surface area contributed by atoms with Gasteiger partial charge in [0.25, 0.3) is 0 Å². The minimum Gasteiger partial charge on any atom is -0.467 e. The Morgan fingerprint density at radius 3 is 1.37 bits per heavy atom. The number of ether oxygens (including phenoxy) is 2. The molecule has 13 nitrogen and oxygen atoms in total. The fraction of sp³-hybridized carbons (Fsp3) is 0.718. The molecule has 0 bridgehead atoms. The van der Waals surface area contributed by atoms with Crippen LogP contribution in [0.4, 0.5) is 4.79 Å². The third kappa shape index (κ3) is 14.4. The van der Waals surface area contributed by atoms with Gasteiger partial charge in [-0.25, -0.2) is 9.59 Å². The molecule has 0 aliphatic carbocycles. The molecule has 15 heteroatoms. The second kappa shape index (κ2) is 20.1. The molecule has 0 aromatic heterocycles. The molecule has 4 amide bonds. The summed E-state index contributed by atoms with van der Waals surface area (Å²) in [6.45, 7) is 31.0. The summed E-state index contributed by atoms with van der Waals surface area (Å²) in [5.74, 6) is -3.40. The Kier molecular flexibility index (Phi) is 18.1. The van der Waals surface area contributed by atoms with Crippen LogP contribution in [-0.2, 0) is 44.1 Å². The van der Waals surface area contributed by atoms with Gasteiger partial charge in [-0.05, 0) is 67.5 Å². The average molecular weight is 795 g/mol. The fourth-order valence-electron chi connectivity index (χ4n) is 5.00. The van der Waals surface area contributed by atoms with Crippen LogP contribution in [0, 0.1) is 11.8 Å². The monoisotopic (exact) mass is 794 g/mol. The van der Waals surface area contributed by atoms with Gasteiger partial charge in [-0.2, -0.15) is 0 Å². The van der Waals surface area contributed by atoms with Crippen molar-refractivity contribution in [3.8, 4) is 0 Å². The third-order valence-corrected chi connectivity index (χ3v) is 19.7. The fourth-order valence-corrected chi connectivity index (χ4v) is 7.84. The molecule has 0 aliphatic heterocycles. The van der Waals surface area contributed by atoms with Gasteiger partial charge in [0.1, 0.15) is 24.7 Å². The van der Waals surface area contributed by atoms with Gasteiger partial charge in [0.15, 0.2) is 22.7 Å². The Labute approximate surface area is 326 Å². The van der Waals surface area contributed by atoms with Crippen LogP contribution in [0.1, 0.15) is 88.6 Å². The van der Waals surface area contributed by atoms with Crippen molar-refractivity contribution in [2.45, 2.75) is 162 Å². The van der Waals surface area contributed by atoms with Gasteiger partial charge in [-0.1, -0.05) is 99.6 Å². The Balaban J connectivity index is 3.41. The molecule has 1 aromatic rings. The molecular weight excluding hydrogens is 725 g/mol. The highest BCUT2D eigenvalue weighted by Gasteiger charge is 2.44. The lowest BCUT2D eigenvalue weighted by atomic mass is 10.00. The smallest absolute Gasteiger partial charge is 0.408 e. The van der Waals surface area contributed by atoms with Crippen LogP contribution >= 0.6 is 0 Å². The Morgan fingerprint density at radius 1 is 0.593 bits per heavy atom. The molecule has 0 saturated heterocycles. The third-order valence-electron chi connectivity index (χ3n) is 10.5. The van der Waals surface area contributed by atoms with E-state index < -0.39 is 88.7 Å². The summed E-state index contributed by atoms with van der Waals surface area (Å²) < 4.78 is 23.4. The highest BCUT2D eigenvalue weighted by atomic mass is 28.4. The number of benzene rings is 1. The molecule has 1 aromatic carbocycles. The Morgan fingerprint density at radius 2 is 0.963 bits per heavy atom. The van der Waals surface area contributed by atoms with Crippen LogP contribution < -0.4 is 21.3 Å². The van der Waals surface area contributed by atoms with Crippen molar-refractivity contribution < 1.29 is 42.3 Å². The van der Waals surface area contributed by atoms with E-state index in [0.29, 0.717) is 0 Å². The number of hydrogen-bond acceptors (Lipinski definition) is 9. The first-order valence-corrected chi connectivity index (χ1v) is 24.7. The van der Waals surface area contributed by atoms with E-state index in [1.54, 1.807) is 41.5 Å². The number of alkyl carbamates (subject to hydrolysis) is 1. The summed E-state index contributed by atoms with van der Waals surface area (Å²) in [4.78, 5) is 67.9. The molecular formula is C39H70N4O9Si2. The van der Waals surface area contributed by atoms with Crippen molar-refractivity contribution in [2.75, 3.05) is 7.11 Å². The van der Waals surface area contributed by atoms with Crippen molar-refractivity contribution in [2.24, 2.45) is 11.8 Å². The van der Waals surface area contributed by atoms with Crippen LogP contribution in [0.5, 0.6) is 0 Å². The van der Waals surface area contributed by atoms with Gasteiger partial charge >= 0.3 is 12.1 Å². The van der Waals surface area contributed by atoms with Gasteiger partial charge in [0.05, 0.1) is 19.3 Å². The van der Waals surface area contributed by atoms with E-state index in [1.165, 1.54) is 7.11 Å². The molecule has 6 atom stereocenters. The van der Waals surface area contributed by atoms with Crippen molar-refractivity contribution in [3.05, 3.63) is 35.9 Å². The van der Waals surface area contributed by atoms with Crippen molar-refractivity contribution in [3.63, 3.8) is 0 Å². The number of hydrogen-bond donors (Lipinski definition) is 4. The predicted molar refractivity (Wildman–Crippen MR) is 217 cm³/mol. The average Bonchev–Trinajstić information content (AvgIpc) is 3.04. The van der Waals surface area contributed by atoms with E-state index in [1.807, 2.05) is 56.5 Å². The van der Waals surface area contributed by atoms with E-state index in [2.05, 4.69) is 62.8 Å². The Hall–Kier alpha value is -3.28. The van der Waals surface area contributed by atoms with E-state index in [4.69, 9.17) is 18.3 Å². The van der Waals surface area contributed by atoms with Crippen LogP contribution in [0.25, 0.3) is 0 Å². The molecule has 54 heavy (non-hydrogen) atoms. The van der Waals surface area contributed by atoms with Crippen molar-refractivity contribution >= 4 is 46.4 Å².